The summed E-state index contributed by atoms with van der Waals surface area (Å²) in [6.45, 7) is 6.98. The zero-order valence-corrected chi connectivity index (χ0v) is 68.7. The Hall–Kier alpha value is -12.0. The molecule has 0 bridgehead atoms. The highest BCUT2D eigenvalue weighted by atomic mass is 33.1. The van der Waals surface area contributed by atoms with Crippen LogP contribution < -0.4 is 81.0 Å². The number of para-hydroxylation sites is 3. The van der Waals surface area contributed by atoms with Crippen molar-refractivity contribution in [1.29, 1.82) is 0 Å². The molecule has 6 heterocycles. The van der Waals surface area contributed by atoms with E-state index in [0.717, 1.165) is 21.6 Å². The smallest absolute Gasteiger partial charge is 0.246 e. The van der Waals surface area contributed by atoms with Gasteiger partial charge in [0, 0.05) is 114 Å². The fraction of sp³-hybridized carbons (Fsp3) is 0.449. The number of hydrogen-bond acceptors (Lipinski definition) is 21. The summed E-state index contributed by atoms with van der Waals surface area (Å²) in [6.07, 6.45) is 5.54. The Bertz CT molecular complexity index is 4860. The summed E-state index contributed by atoms with van der Waals surface area (Å²) in [5.41, 5.74) is 21.1. The molecule has 2 fully saturated rings. The summed E-state index contributed by atoms with van der Waals surface area (Å²) in [7, 11) is 1.59. The molecule has 0 aliphatic carbocycles. The molecule has 38 nitrogen and oxygen atoms in total. The first-order valence-electron chi connectivity index (χ1n) is 38.6. The van der Waals surface area contributed by atoms with Crippen molar-refractivity contribution in [2.45, 2.75) is 183 Å². The fourth-order valence-electron chi connectivity index (χ4n) is 13.9. The number of thioether (sulfide) groups is 1. The third-order valence-corrected chi connectivity index (χ3v) is 23.5. The maximum absolute atomic E-state index is 15.3. The molecule has 23 N–H and O–H groups in total. The van der Waals surface area contributed by atoms with Crippen molar-refractivity contribution in [3.05, 3.63) is 126 Å². The number of likely N-dealkylation sites (tertiary alicyclic amines) is 1. The zero-order valence-electron chi connectivity index (χ0n) is 66.2. The number of primary amides is 3. The van der Waals surface area contributed by atoms with Crippen LogP contribution >= 0.6 is 33.3 Å². The van der Waals surface area contributed by atoms with Gasteiger partial charge in [-0.25, -0.2) is 4.98 Å². The number of aliphatic hydroxyl groups is 1. The number of nitrogens with two attached hydrogens (primary N) is 3. The summed E-state index contributed by atoms with van der Waals surface area (Å²) >= 11 is 1.41. The highest BCUT2D eigenvalue weighted by Crippen LogP contribution is 2.28. The minimum Gasteiger partial charge on any atom is -0.391 e. The van der Waals surface area contributed by atoms with E-state index in [2.05, 4.69) is 88.7 Å². The van der Waals surface area contributed by atoms with E-state index in [1.165, 1.54) is 50.0 Å². The van der Waals surface area contributed by atoms with Gasteiger partial charge in [0.1, 0.15) is 78.5 Å². The van der Waals surface area contributed by atoms with Gasteiger partial charge in [-0.3, -0.25) is 76.7 Å². The van der Waals surface area contributed by atoms with Gasteiger partial charge in [-0.15, -0.1) is 0 Å². The first-order chi connectivity index (χ1) is 56.8. The molecule has 0 saturated carbocycles. The van der Waals surface area contributed by atoms with Gasteiger partial charge in [-0.2, -0.15) is 11.8 Å². The fourth-order valence-corrected chi connectivity index (χ4v) is 16.7. The Kier molecular flexibility index (Phi) is 32.8. The van der Waals surface area contributed by atoms with Gasteiger partial charge in [-0.05, 0) is 85.9 Å². The predicted octanol–water partition coefficient (Wildman–Crippen LogP) is -2.22. The number of nitrogens with zero attached hydrogens (tertiary/aromatic N) is 2. The van der Waals surface area contributed by atoms with Crippen LogP contribution in [0.15, 0.2) is 104 Å². The number of aromatic amines is 4. The second-order valence-electron chi connectivity index (χ2n) is 29.3. The number of benzene rings is 3. The SMILES string of the molecule is CC[C@H](C)[C@H](NC(=O)[C@@H](NC(=O)[C@H](Cc1c[nH]c2ccccc12)NC(=O)[C@H](CCSC)NC(C)=O)[C@@H](C)O)C(=O)N[C@H]1CSSC[C@@H](C(=O)N[C@@H](Cc2c[nH]c3ccccc23)C(=O)N2CCC[C@H]2C(N)=O)NC(=O)[C@H](C)NC(=O)[C@H](Cc2cnc[nH]2)NC(=O)[C@H](Cc2c[nH]c3ccccc23)NC(=O)[C@H](CC(N)=O)NC(=O)[C@H](CC(N)=O)NC1=O. The lowest BCUT2D eigenvalue weighted by atomic mass is 9.97. The van der Waals surface area contributed by atoms with Gasteiger partial charge in [0.2, 0.25) is 94.5 Å². The third-order valence-electron chi connectivity index (χ3n) is 20.5. The number of amides is 16. The van der Waals surface area contributed by atoms with Crippen LogP contribution in [0.4, 0.5) is 0 Å². The molecule has 2 aliphatic rings. The highest BCUT2D eigenvalue weighted by molar-refractivity contribution is 8.76. The molecule has 119 heavy (non-hydrogen) atoms. The van der Waals surface area contributed by atoms with E-state index in [9.17, 15) is 62.6 Å². The summed E-state index contributed by atoms with van der Waals surface area (Å²) in [5.74, 6) is -17.6. The van der Waals surface area contributed by atoms with Gasteiger partial charge in [0.25, 0.3) is 0 Å². The number of carbonyl (C=O) groups is 16. The largest absolute Gasteiger partial charge is 0.391 e. The minimum atomic E-state index is -2.06. The zero-order chi connectivity index (χ0) is 86.3. The number of rotatable bonds is 31. The number of aliphatic hydroxyl groups excluding tert-OH is 1. The molecule has 0 spiro atoms. The molecular formula is C78H101N21O17S3. The van der Waals surface area contributed by atoms with E-state index in [4.69, 9.17) is 17.2 Å². The van der Waals surface area contributed by atoms with Gasteiger partial charge in [0.05, 0.1) is 25.3 Å². The normalized spacial score (nSPS) is 21.2. The molecule has 15 atom stereocenters. The van der Waals surface area contributed by atoms with Crippen molar-refractivity contribution < 1.29 is 81.8 Å². The molecule has 9 rings (SSSR count). The topological polar surface area (TPSA) is 595 Å². The lowest BCUT2D eigenvalue weighted by Gasteiger charge is -2.30. The second-order valence-corrected chi connectivity index (χ2v) is 32.9. The number of hydrogen-bond donors (Lipinski definition) is 20. The van der Waals surface area contributed by atoms with Crippen LogP contribution in [0.2, 0.25) is 0 Å². The van der Waals surface area contributed by atoms with E-state index in [-0.39, 0.29) is 51.5 Å². The summed E-state index contributed by atoms with van der Waals surface area (Å²) in [5, 5.41) is 44.4. The number of aromatic nitrogens is 5. The maximum Gasteiger partial charge on any atom is 0.246 e. The minimum absolute atomic E-state index is 0.0942. The number of fused-ring (bicyclic) bond motifs is 3. The van der Waals surface area contributed by atoms with Crippen LogP contribution in [0.3, 0.4) is 0 Å². The van der Waals surface area contributed by atoms with Crippen LogP contribution in [0.5, 0.6) is 0 Å². The molecule has 2 saturated heterocycles. The first kappa shape index (κ1) is 90.9. The van der Waals surface area contributed by atoms with Gasteiger partial charge in [-0.1, -0.05) is 96.5 Å². The average Bonchev–Trinajstić information content (AvgIpc) is 1.70. The van der Waals surface area contributed by atoms with E-state index in [0.29, 0.717) is 67.3 Å². The number of carbonyl (C=O) groups excluding carboxylic acids is 16. The summed E-state index contributed by atoms with van der Waals surface area (Å²) in [6, 6.07) is 0.162. The molecule has 3 aromatic carbocycles. The van der Waals surface area contributed by atoms with Crippen molar-refractivity contribution in [3.8, 4) is 0 Å². The quantitative estimate of drug-likeness (QED) is 0.0205. The van der Waals surface area contributed by atoms with E-state index in [1.807, 2.05) is 0 Å². The Morgan fingerprint density at radius 1 is 0.580 bits per heavy atom. The molecule has 41 heteroatoms. The predicted molar refractivity (Wildman–Crippen MR) is 443 cm³/mol. The first-order valence-corrected chi connectivity index (χ1v) is 42.5. The van der Waals surface area contributed by atoms with Crippen LogP contribution in [-0.2, 0) is 102 Å². The van der Waals surface area contributed by atoms with Gasteiger partial charge >= 0.3 is 0 Å². The standard InChI is InChI=1S/C78H101N21O17S3/c1-7-38(2)64(97-77(115)65(40(4)100)98-73(111)54(26-43-32-84-50-19-12-9-16-47(43)50)89-68(106)52(22-24-117-6)88-41(5)101)76(114)96-60-36-119-118-35-59(75(113)94-58(78(116)99-23-14-21-61(99)66(81)104)27-44-33-85-51-20-13-10-17-48(44)51)95-67(105)39(3)87-69(107)55(28-45-34-82-37-86-45)91-70(108)53(25-42-31-83-49-18-11-8-15-46(42)49)90-71(109)56(29-62(79)102)92-72(110)57(30-63(80)103)93-74(60)112/h8-13,15-20,31-34,37-40,52-61,64-65,83-85,100H,7,14,21-30,35-36H2,1-6H3,(H2,79,102)(H2,80,103)(H2,81,104)(H,82,86)(H,87,107)(H,88,101)(H,89,106)(H,90,109)(H,91,108)(H,92,110)(H,93,112)(H,94,113)(H,95,105)(H,96,114)(H,97,115)(H,98,111)/t38-,39-,40+,52-,53-,54-,55-,56-,57-,58-,59-,60-,61-,64-,65-/m0/s1. The number of nitrogens with one attached hydrogen (secondary N) is 16. The Morgan fingerprint density at radius 2 is 1.09 bits per heavy atom. The van der Waals surface area contributed by atoms with E-state index < -0.39 is 209 Å². The number of H-pyrrole nitrogens is 4. The Labute approximate surface area is 695 Å². The van der Waals surface area contributed by atoms with Gasteiger partial charge in [0.15, 0.2) is 0 Å². The van der Waals surface area contributed by atoms with Crippen molar-refractivity contribution in [3.63, 3.8) is 0 Å². The molecule has 7 aromatic rings. The maximum atomic E-state index is 15.3. The number of imidazole rings is 1. The van der Waals surface area contributed by atoms with Crippen molar-refractivity contribution in [1.82, 2.24) is 93.6 Å². The van der Waals surface area contributed by atoms with Gasteiger partial charge < -0.3 is 111 Å². The summed E-state index contributed by atoms with van der Waals surface area (Å²) < 4.78 is 0. The van der Waals surface area contributed by atoms with Crippen molar-refractivity contribution in [2.24, 2.45) is 23.1 Å². The average molecular weight is 1700 g/mol. The van der Waals surface area contributed by atoms with Crippen LogP contribution in [0, 0.1) is 5.92 Å². The molecule has 638 valence electrons. The second kappa shape index (κ2) is 42.9. The Balaban J connectivity index is 1.07. The van der Waals surface area contributed by atoms with E-state index >= 15 is 19.2 Å². The molecule has 0 unspecified atom stereocenters. The van der Waals surface area contributed by atoms with Crippen LogP contribution in [-0.4, -0.2) is 244 Å². The van der Waals surface area contributed by atoms with Crippen LogP contribution in [0.1, 0.15) is 95.5 Å². The van der Waals surface area contributed by atoms with Crippen LogP contribution in [0.25, 0.3) is 32.7 Å². The summed E-state index contributed by atoms with van der Waals surface area (Å²) in [4.78, 5) is 247. The third kappa shape index (κ3) is 25.0. The highest BCUT2D eigenvalue weighted by Gasteiger charge is 2.42. The molecule has 2 aliphatic heterocycles. The molecule has 0 radical (unpaired) electrons. The molecular weight excluding hydrogens is 1600 g/mol. The van der Waals surface area contributed by atoms with E-state index in [1.54, 1.807) is 111 Å². The molecule has 4 aromatic heterocycles. The lowest BCUT2D eigenvalue weighted by molar-refractivity contribution is -0.141. The monoisotopic (exact) mass is 1700 g/mol. The molecule has 16 amide bonds. The van der Waals surface area contributed by atoms with Crippen molar-refractivity contribution >= 4 is 161 Å². The van der Waals surface area contributed by atoms with Crippen molar-refractivity contribution in [2.75, 3.05) is 30.1 Å². The lowest BCUT2D eigenvalue weighted by Crippen LogP contribution is -2.63. The Morgan fingerprint density at radius 3 is 1.64 bits per heavy atom.